The lowest BCUT2D eigenvalue weighted by Crippen LogP contribution is -2.26. The molecule has 61 heavy (non-hydrogen) atoms. The van der Waals surface area contributed by atoms with Gasteiger partial charge in [-0.2, -0.15) is 0 Å². The van der Waals surface area contributed by atoms with Gasteiger partial charge in [0.15, 0.2) is 0 Å². The first kappa shape index (κ1) is 41.3. The summed E-state index contributed by atoms with van der Waals surface area (Å²) in [6.45, 7) is 19.6. The van der Waals surface area contributed by atoms with Crippen molar-refractivity contribution >= 4 is 24.1 Å². The highest BCUT2D eigenvalue weighted by atomic mass is 31.2. The molecule has 6 nitrogen and oxygen atoms in total. The lowest BCUT2D eigenvalue weighted by Gasteiger charge is -2.30. The molecule has 0 bridgehead atoms. The summed E-state index contributed by atoms with van der Waals surface area (Å²) < 4.78 is 47.5. The van der Waals surface area contributed by atoms with Gasteiger partial charge < -0.3 is 23.5 Å². The van der Waals surface area contributed by atoms with Gasteiger partial charge >= 0.3 is 7.37 Å². The van der Waals surface area contributed by atoms with E-state index >= 15 is 4.57 Å². The lowest BCUT2D eigenvalue weighted by molar-refractivity contribution is 0.299. The molecule has 1 aliphatic heterocycles. The van der Waals surface area contributed by atoms with Gasteiger partial charge in [0.05, 0.1) is 10.6 Å². The van der Waals surface area contributed by atoms with Gasteiger partial charge in [0.25, 0.3) is 0 Å². The summed E-state index contributed by atoms with van der Waals surface area (Å²) in [7, 11) is -3.72. The Balaban J connectivity index is 0.975. The Labute approximate surface area is 359 Å². The van der Waals surface area contributed by atoms with Gasteiger partial charge in [0, 0.05) is 5.56 Å². The smallest absolute Gasteiger partial charge is 0.311 e. The maximum absolute atomic E-state index is 15.4. The maximum Gasteiger partial charge on any atom is 0.311 e. The van der Waals surface area contributed by atoms with Crippen LogP contribution < -0.4 is 34.1 Å². The molecule has 1 atom stereocenters. The largest absolute Gasteiger partial charge is 0.489 e. The topological polar surface area (TPSA) is 63.2 Å². The summed E-state index contributed by atoms with van der Waals surface area (Å²) in [5.41, 5.74) is 10.4. The number of hydrogen-bond acceptors (Lipinski definition) is 6. The SMILES string of the molecule is C=Cc1ccc(Oc2ccc(OCc3ccc(COc4c(C)cc(Oc5c(C)cc(C(C)(C)C)cc5C)cc4C)cc3)cc2P2(=O)Oc3ccccc3-c3ccccc32)cc1. The average molecular weight is 827 g/mol. The van der Waals surface area contributed by atoms with Gasteiger partial charge in [-0.3, -0.25) is 4.57 Å². The van der Waals surface area contributed by atoms with E-state index in [1.54, 1.807) is 18.2 Å². The van der Waals surface area contributed by atoms with Crippen LogP contribution in [0.2, 0.25) is 0 Å². The molecule has 1 aliphatic rings. The van der Waals surface area contributed by atoms with Crippen molar-refractivity contribution in [1.29, 1.82) is 0 Å². The van der Waals surface area contributed by atoms with Crippen LogP contribution in [0, 0.1) is 27.7 Å². The van der Waals surface area contributed by atoms with Crippen LogP contribution in [0.3, 0.4) is 0 Å². The molecule has 308 valence electrons. The van der Waals surface area contributed by atoms with E-state index in [4.69, 9.17) is 23.5 Å². The van der Waals surface area contributed by atoms with Crippen molar-refractivity contribution in [3.05, 3.63) is 191 Å². The van der Waals surface area contributed by atoms with E-state index in [-0.39, 0.29) is 5.41 Å². The standard InChI is InChI=1S/C54H51O6P/c1-9-39-22-24-43(25-23-39)58-49-27-26-44(32-51(49)61(55)50-17-13-11-15-47(50)46-14-10-12-16-48(46)60-61)56-33-40-18-20-41(21-19-40)34-57-52-37(4)30-45(31-38(52)5)59-53-35(2)28-42(29-36(53)3)54(6,7)8/h9-32H,1,33-34H2,2-8H3. The molecule has 0 aliphatic carbocycles. The molecule has 0 aromatic heterocycles. The number of benzene rings is 7. The summed E-state index contributed by atoms with van der Waals surface area (Å²) in [4.78, 5) is 0. The molecule has 1 heterocycles. The molecular weight excluding hydrogens is 776 g/mol. The fourth-order valence-corrected chi connectivity index (χ4v) is 10.1. The third-order valence-electron chi connectivity index (χ3n) is 11.0. The predicted octanol–water partition coefficient (Wildman–Crippen LogP) is 13.9. The fraction of sp³-hybridized carbons (Fsp3) is 0.185. The zero-order valence-corrected chi connectivity index (χ0v) is 36.8. The summed E-state index contributed by atoms with van der Waals surface area (Å²) in [5.74, 6) is 4.65. The third-order valence-corrected chi connectivity index (χ3v) is 13.5. The zero-order chi connectivity index (χ0) is 42.9. The van der Waals surface area contributed by atoms with Crippen LogP contribution in [0.25, 0.3) is 17.2 Å². The second-order valence-corrected chi connectivity index (χ2v) is 19.0. The first-order chi connectivity index (χ1) is 29.3. The van der Waals surface area contributed by atoms with Crippen LogP contribution in [-0.2, 0) is 23.2 Å². The quantitative estimate of drug-likeness (QED) is 0.114. The number of para-hydroxylation sites is 1. The fourth-order valence-electron chi connectivity index (χ4n) is 7.71. The van der Waals surface area contributed by atoms with E-state index in [2.05, 4.69) is 79.3 Å². The van der Waals surface area contributed by atoms with Crippen molar-refractivity contribution in [2.45, 2.75) is 67.1 Å². The Morgan fingerprint density at radius 2 is 1.15 bits per heavy atom. The molecule has 0 spiro atoms. The molecular formula is C54H51O6P. The molecule has 7 heteroatoms. The molecule has 0 radical (unpaired) electrons. The Hall–Kier alpha value is -6.49. The van der Waals surface area contributed by atoms with E-state index in [1.807, 2.05) is 103 Å². The Bertz CT molecular complexity index is 2750. The Kier molecular flexibility index (Phi) is 11.4. The first-order valence-corrected chi connectivity index (χ1v) is 22.2. The average Bonchev–Trinajstić information content (AvgIpc) is 3.24. The van der Waals surface area contributed by atoms with Gasteiger partial charge in [-0.25, -0.2) is 0 Å². The second kappa shape index (κ2) is 16.9. The van der Waals surface area contributed by atoms with Gasteiger partial charge in [0.2, 0.25) is 0 Å². The van der Waals surface area contributed by atoms with Crippen molar-refractivity contribution in [2.24, 2.45) is 0 Å². The minimum atomic E-state index is -3.72. The number of hydrogen-bond donors (Lipinski definition) is 0. The minimum absolute atomic E-state index is 0.0695. The van der Waals surface area contributed by atoms with Crippen LogP contribution in [-0.4, -0.2) is 0 Å². The molecule has 0 N–H and O–H groups in total. The zero-order valence-electron chi connectivity index (χ0n) is 35.9. The summed E-state index contributed by atoms with van der Waals surface area (Å²) in [5, 5.41) is 1.02. The number of fused-ring (bicyclic) bond motifs is 3. The van der Waals surface area contributed by atoms with Crippen molar-refractivity contribution in [1.82, 2.24) is 0 Å². The van der Waals surface area contributed by atoms with Crippen molar-refractivity contribution in [3.8, 4) is 51.4 Å². The number of aryl methyl sites for hydroxylation is 4. The number of rotatable bonds is 12. The van der Waals surface area contributed by atoms with Crippen LogP contribution in [0.4, 0.5) is 0 Å². The molecule has 0 saturated heterocycles. The first-order valence-electron chi connectivity index (χ1n) is 20.6. The molecule has 8 rings (SSSR count). The summed E-state index contributed by atoms with van der Waals surface area (Å²) in [6, 6.07) is 45.1. The van der Waals surface area contributed by atoms with E-state index in [1.165, 1.54) is 5.56 Å². The lowest BCUT2D eigenvalue weighted by atomic mass is 9.85. The highest BCUT2D eigenvalue weighted by Gasteiger charge is 2.40. The van der Waals surface area contributed by atoms with Crippen molar-refractivity contribution < 1.29 is 28.0 Å². The normalized spacial score (nSPS) is 14.3. The van der Waals surface area contributed by atoms with Gasteiger partial charge in [-0.05, 0) is 138 Å². The predicted molar refractivity (Wildman–Crippen MR) is 248 cm³/mol. The molecule has 1 unspecified atom stereocenters. The van der Waals surface area contributed by atoms with Crippen LogP contribution in [0.15, 0.2) is 146 Å². The third kappa shape index (κ3) is 8.73. The number of ether oxygens (including phenoxy) is 4. The minimum Gasteiger partial charge on any atom is -0.489 e. The monoisotopic (exact) mass is 826 g/mol. The van der Waals surface area contributed by atoms with E-state index in [0.29, 0.717) is 46.8 Å². The Morgan fingerprint density at radius 3 is 1.79 bits per heavy atom. The summed E-state index contributed by atoms with van der Waals surface area (Å²) >= 11 is 0. The van der Waals surface area contributed by atoms with Crippen LogP contribution in [0.1, 0.15) is 65.3 Å². The van der Waals surface area contributed by atoms with Crippen molar-refractivity contribution in [3.63, 3.8) is 0 Å². The van der Waals surface area contributed by atoms with Crippen LogP contribution in [0.5, 0.6) is 40.2 Å². The highest BCUT2D eigenvalue weighted by Crippen LogP contribution is 2.56. The molecule has 0 fully saturated rings. The molecule has 7 aromatic rings. The van der Waals surface area contributed by atoms with Gasteiger partial charge in [-0.1, -0.05) is 118 Å². The second-order valence-electron chi connectivity index (χ2n) is 16.7. The highest BCUT2D eigenvalue weighted by molar-refractivity contribution is 7.75. The van der Waals surface area contributed by atoms with Gasteiger partial charge in [-0.15, -0.1) is 0 Å². The van der Waals surface area contributed by atoms with Gasteiger partial charge in [0.1, 0.15) is 53.5 Å². The summed E-state index contributed by atoms with van der Waals surface area (Å²) in [6.07, 6.45) is 1.78. The Morgan fingerprint density at radius 1 is 0.574 bits per heavy atom. The van der Waals surface area contributed by atoms with E-state index in [0.717, 1.165) is 67.3 Å². The van der Waals surface area contributed by atoms with Crippen molar-refractivity contribution in [2.75, 3.05) is 0 Å². The molecule has 0 saturated carbocycles. The maximum atomic E-state index is 15.4. The van der Waals surface area contributed by atoms with E-state index in [9.17, 15) is 0 Å². The molecule has 7 aromatic carbocycles. The molecule has 0 amide bonds. The van der Waals surface area contributed by atoms with E-state index < -0.39 is 7.37 Å². The van der Waals surface area contributed by atoms with Crippen LogP contribution >= 0.6 is 7.37 Å².